The molecule has 0 bridgehead atoms. The van der Waals surface area contributed by atoms with Gasteiger partial charge in [0.05, 0.1) is 11.3 Å². The smallest absolute Gasteiger partial charge is 0.338 e. The predicted octanol–water partition coefficient (Wildman–Crippen LogP) is 3.72. The van der Waals surface area contributed by atoms with E-state index in [4.69, 9.17) is 9.52 Å². The van der Waals surface area contributed by atoms with Crippen molar-refractivity contribution in [2.24, 2.45) is 0 Å². The highest BCUT2D eigenvalue weighted by Crippen LogP contribution is 2.21. The minimum Gasteiger partial charge on any atom is -0.478 e. The van der Waals surface area contributed by atoms with Crippen molar-refractivity contribution in [1.29, 1.82) is 0 Å². The number of rotatable bonds is 5. The zero-order valence-electron chi connectivity index (χ0n) is 10.1. The van der Waals surface area contributed by atoms with E-state index in [1.54, 1.807) is 17.8 Å². The molecule has 0 aliphatic carbocycles. The van der Waals surface area contributed by atoms with E-state index >= 15 is 0 Å². The standard InChI is InChI=1S/C14H14O3S/c1-10-4-2-3-5-11(10)8-18-9-13-6-12(7-17-13)14(15)16/h2-7H,8-9H2,1H3,(H,15,16). The summed E-state index contributed by atoms with van der Waals surface area (Å²) in [4.78, 5) is 10.7. The van der Waals surface area contributed by atoms with Crippen LogP contribution in [0.25, 0.3) is 0 Å². The fourth-order valence-corrected chi connectivity index (χ4v) is 2.60. The van der Waals surface area contributed by atoms with Crippen molar-refractivity contribution in [3.63, 3.8) is 0 Å². The SMILES string of the molecule is Cc1ccccc1CSCc1cc(C(=O)O)co1. The monoisotopic (exact) mass is 262 g/mol. The number of carboxylic acid groups (broad SMARTS) is 1. The molecule has 0 saturated carbocycles. The van der Waals surface area contributed by atoms with E-state index in [1.807, 2.05) is 12.1 Å². The maximum absolute atomic E-state index is 10.7. The first-order chi connectivity index (χ1) is 8.66. The van der Waals surface area contributed by atoms with Gasteiger partial charge in [-0.15, -0.1) is 11.8 Å². The lowest BCUT2D eigenvalue weighted by Crippen LogP contribution is -1.91. The number of aryl methyl sites for hydroxylation is 1. The van der Waals surface area contributed by atoms with Gasteiger partial charge in [-0.1, -0.05) is 24.3 Å². The van der Waals surface area contributed by atoms with Gasteiger partial charge >= 0.3 is 5.97 Å². The second-order valence-corrected chi connectivity index (χ2v) is 5.01. The van der Waals surface area contributed by atoms with E-state index in [-0.39, 0.29) is 5.56 Å². The summed E-state index contributed by atoms with van der Waals surface area (Å²) in [6.07, 6.45) is 1.28. The Labute approximate surface area is 110 Å². The summed E-state index contributed by atoms with van der Waals surface area (Å²) in [6.45, 7) is 2.09. The molecule has 0 aliphatic rings. The molecule has 0 amide bonds. The van der Waals surface area contributed by atoms with Crippen LogP contribution in [0.1, 0.15) is 27.2 Å². The summed E-state index contributed by atoms with van der Waals surface area (Å²) in [5, 5.41) is 8.77. The Balaban J connectivity index is 1.88. The van der Waals surface area contributed by atoms with Crippen LogP contribution in [0.4, 0.5) is 0 Å². The lowest BCUT2D eigenvalue weighted by atomic mass is 10.1. The molecule has 0 aliphatic heterocycles. The van der Waals surface area contributed by atoms with Gasteiger partial charge in [-0.3, -0.25) is 0 Å². The summed E-state index contributed by atoms with van der Waals surface area (Å²) < 4.78 is 5.19. The fraction of sp³-hybridized carbons (Fsp3) is 0.214. The van der Waals surface area contributed by atoms with Gasteiger partial charge in [0.2, 0.25) is 0 Å². The molecule has 94 valence electrons. The van der Waals surface area contributed by atoms with Gasteiger partial charge in [-0.2, -0.15) is 0 Å². The maximum Gasteiger partial charge on any atom is 0.338 e. The number of benzene rings is 1. The molecule has 1 aromatic heterocycles. The third-order valence-electron chi connectivity index (χ3n) is 2.66. The molecule has 0 spiro atoms. The molecule has 0 fully saturated rings. The van der Waals surface area contributed by atoms with Crippen molar-refractivity contribution in [2.75, 3.05) is 0 Å². The highest BCUT2D eigenvalue weighted by molar-refractivity contribution is 7.97. The molecule has 4 heteroatoms. The van der Waals surface area contributed by atoms with Gasteiger partial charge in [0.1, 0.15) is 12.0 Å². The van der Waals surface area contributed by atoms with Gasteiger partial charge in [-0.25, -0.2) is 4.79 Å². The lowest BCUT2D eigenvalue weighted by Gasteiger charge is -2.03. The van der Waals surface area contributed by atoms with E-state index in [0.29, 0.717) is 11.5 Å². The lowest BCUT2D eigenvalue weighted by molar-refractivity contribution is 0.0696. The normalized spacial score (nSPS) is 10.5. The van der Waals surface area contributed by atoms with Crippen molar-refractivity contribution in [2.45, 2.75) is 18.4 Å². The van der Waals surface area contributed by atoms with E-state index in [2.05, 4.69) is 19.1 Å². The van der Waals surface area contributed by atoms with Gasteiger partial charge < -0.3 is 9.52 Å². The Morgan fingerprint density at radius 1 is 1.33 bits per heavy atom. The van der Waals surface area contributed by atoms with Gasteiger partial charge in [0.25, 0.3) is 0 Å². The molecule has 0 atom stereocenters. The molecule has 1 N–H and O–H groups in total. The van der Waals surface area contributed by atoms with Crippen LogP contribution in [0.15, 0.2) is 41.0 Å². The topological polar surface area (TPSA) is 50.4 Å². The van der Waals surface area contributed by atoms with Crippen LogP contribution < -0.4 is 0 Å². The van der Waals surface area contributed by atoms with E-state index < -0.39 is 5.97 Å². The minimum atomic E-state index is -0.950. The van der Waals surface area contributed by atoms with Crippen molar-refractivity contribution in [1.82, 2.24) is 0 Å². The highest BCUT2D eigenvalue weighted by atomic mass is 32.2. The number of carbonyl (C=O) groups is 1. The van der Waals surface area contributed by atoms with Gasteiger partial charge in [-0.05, 0) is 24.1 Å². The molecule has 18 heavy (non-hydrogen) atoms. The number of hydrogen-bond donors (Lipinski definition) is 1. The molecule has 0 unspecified atom stereocenters. The van der Waals surface area contributed by atoms with Crippen molar-refractivity contribution in [3.05, 3.63) is 59.0 Å². The van der Waals surface area contributed by atoms with Crippen molar-refractivity contribution >= 4 is 17.7 Å². The number of hydrogen-bond acceptors (Lipinski definition) is 3. The van der Waals surface area contributed by atoms with Crippen molar-refractivity contribution < 1.29 is 14.3 Å². The molecular formula is C14H14O3S. The highest BCUT2D eigenvalue weighted by Gasteiger charge is 2.08. The van der Waals surface area contributed by atoms with Crippen LogP contribution in [0.3, 0.4) is 0 Å². The minimum absolute atomic E-state index is 0.210. The average molecular weight is 262 g/mol. The van der Waals surface area contributed by atoms with Crippen LogP contribution >= 0.6 is 11.8 Å². The molecule has 0 saturated heterocycles. The first-order valence-electron chi connectivity index (χ1n) is 5.60. The first kappa shape index (κ1) is 12.8. The van der Waals surface area contributed by atoms with Gasteiger partial charge in [0, 0.05) is 5.75 Å². The van der Waals surface area contributed by atoms with Crippen LogP contribution in [-0.2, 0) is 11.5 Å². The quantitative estimate of drug-likeness (QED) is 0.892. The van der Waals surface area contributed by atoms with E-state index in [9.17, 15) is 4.79 Å². The number of furan rings is 1. The third kappa shape index (κ3) is 3.17. The molecule has 1 aromatic carbocycles. The molecular weight excluding hydrogens is 248 g/mol. The molecule has 2 rings (SSSR count). The Morgan fingerprint density at radius 2 is 2.11 bits per heavy atom. The Bertz CT molecular complexity index is 545. The molecule has 1 heterocycles. The second-order valence-electron chi connectivity index (χ2n) is 4.03. The molecule has 0 radical (unpaired) electrons. The van der Waals surface area contributed by atoms with Crippen LogP contribution in [0.2, 0.25) is 0 Å². The van der Waals surface area contributed by atoms with Crippen LogP contribution in [-0.4, -0.2) is 11.1 Å². The second kappa shape index (κ2) is 5.78. The van der Waals surface area contributed by atoms with Crippen LogP contribution in [0, 0.1) is 6.92 Å². The summed E-state index contributed by atoms with van der Waals surface area (Å²) >= 11 is 1.71. The number of aromatic carboxylic acids is 1. The van der Waals surface area contributed by atoms with Crippen molar-refractivity contribution in [3.8, 4) is 0 Å². The Hall–Kier alpha value is -1.68. The fourth-order valence-electron chi connectivity index (χ4n) is 1.60. The summed E-state index contributed by atoms with van der Waals surface area (Å²) in [5.74, 6) is 1.33. The Morgan fingerprint density at radius 3 is 2.78 bits per heavy atom. The molecule has 2 aromatic rings. The first-order valence-corrected chi connectivity index (χ1v) is 6.75. The van der Waals surface area contributed by atoms with E-state index in [1.165, 1.54) is 17.4 Å². The summed E-state index contributed by atoms with van der Waals surface area (Å²) in [5.41, 5.74) is 2.78. The number of thioether (sulfide) groups is 1. The zero-order valence-corrected chi connectivity index (χ0v) is 10.9. The zero-order chi connectivity index (χ0) is 13.0. The summed E-state index contributed by atoms with van der Waals surface area (Å²) in [6, 6.07) is 9.82. The third-order valence-corrected chi connectivity index (χ3v) is 3.67. The largest absolute Gasteiger partial charge is 0.478 e. The maximum atomic E-state index is 10.7. The average Bonchev–Trinajstić information content (AvgIpc) is 2.80. The Kier molecular flexibility index (Phi) is 4.10. The predicted molar refractivity (Wildman–Crippen MR) is 71.8 cm³/mol. The molecule has 3 nitrogen and oxygen atoms in total. The van der Waals surface area contributed by atoms with Crippen LogP contribution in [0.5, 0.6) is 0 Å². The van der Waals surface area contributed by atoms with Gasteiger partial charge in [0.15, 0.2) is 0 Å². The van der Waals surface area contributed by atoms with E-state index in [0.717, 1.165) is 5.75 Å². The summed E-state index contributed by atoms with van der Waals surface area (Å²) in [7, 11) is 0. The number of carboxylic acids is 1.